The molecule has 0 spiro atoms. The second kappa shape index (κ2) is 7.78. The normalized spacial score (nSPS) is 15.5. The minimum absolute atomic E-state index is 0. The van der Waals surface area contributed by atoms with Crippen molar-refractivity contribution in [3.05, 3.63) is 42.2 Å². The highest BCUT2D eigenvalue weighted by molar-refractivity contribution is 7.99. The molecule has 0 amide bonds. The molecule has 3 nitrogen and oxygen atoms in total. The number of rotatable bonds is 3. The van der Waals surface area contributed by atoms with E-state index in [9.17, 15) is 0 Å². The summed E-state index contributed by atoms with van der Waals surface area (Å²) in [6.45, 7) is 4.21. The maximum Gasteiger partial charge on any atom is 0.127 e. The van der Waals surface area contributed by atoms with E-state index in [0.29, 0.717) is 5.25 Å². The monoisotopic (exact) mass is 321 g/mol. The van der Waals surface area contributed by atoms with Crippen molar-refractivity contribution in [2.75, 3.05) is 13.1 Å². The number of hydrogen-bond donors (Lipinski definition) is 1. The highest BCUT2D eigenvalue weighted by Gasteiger charge is 2.15. The lowest BCUT2D eigenvalue weighted by atomic mass is 10.1. The van der Waals surface area contributed by atoms with Crippen LogP contribution in [-0.2, 0) is 0 Å². The van der Waals surface area contributed by atoms with Gasteiger partial charge in [-0.05, 0) is 38.9 Å². The first-order valence-electron chi connectivity index (χ1n) is 7.10. The predicted octanol–water partition coefficient (Wildman–Crippen LogP) is 3.72. The van der Waals surface area contributed by atoms with Gasteiger partial charge < -0.3 is 5.32 Å². The molecule has 0 unspecified atom stereocenters. The Bertz CT molecular complexity index is 571. The molecule has 1 aromatic heterocycles. The summed E-state index contributed by atoms with van der Waals surface area (Å²) in [5.74, 6) is 0.850. The number of piperidine rings is 1. The maximum absolute atomic E-state index is 4.58. The topological polar surface area (TPSA) is 37.8 Å². The van der Waals surface area contributed by atoms with Crippen molar-refractivity contribution in [3.63, 3.8) is 0 Å². The smallest absolute Gasteiger partial charge is 0.127 e. The van der Waals surface area contributed by atoms with Crippen LogP contribution in [0.15, 0.2) is 41.4 Å². The molecule has 0 radical (unpaired) electrons. The molecule has 3 rings (SSSR count). The van der Waals surface area contributed by atoms with Gasteiger partial charge in [-0.1, -0.05) is 30.3 Å². The molecular weight excluding hydrogens is 302 g/mol. The number of benzene rings is 1. The fourth-order valence-corrected chi connectivity index (χ4v) is 3.62. The molecule has 1 aliphatic rings. The van der Waals surface area contributed by atoms with Crippen molar-refractivity contribution in [2.45, 2.75) is 30.0 Å². The van der Waals surface area contributed by atoms with Crippen LogP contribution in [0.3, 0.4) is 0 Å². The van der Waals surface area contributed by atoms with Crippen molar-refractivity contribution >= 4 is 24.2 Å². The van der Waals surface area contributed by atoms with Crippen LogP contribution in [0.2, 0.25) is 0 Å². The molecule has 1 aromatic carbocycles. The lowest BCUT2D eigenvalue weighted by Crippen LogP contribution is -2.29. The van der Waals surface area contributed by atoms with Gasteiger partial charge in [-0.2, -0.15) is 0 Å². The largest absolute Gasteiger partial charge is 0.317 e. The number of aromatic nitrogens is 2. The molecular formula is C16H20ClN3S. The van der Waals surface area contributed by atoms with Crippen LogP contribution in [0.1, 0.15) is 18.7 Å². The first kappa shape index (κ1) is 16.3. The van der Waals surface area contributed by atoms with Gasteiger partial charge in [0.05, 0.1) is 5.69 Å². The molecule has 5 heteroatoms. The number of nitrogens with zero attached hydrogens (tertiary/aromatic N) is 2. The van der Waals surface area contributed by atoms with Crippen LogP contribution >= 0.6 is 24.2 Å². The predicted molar refractivity (Wildman–Crippen MR) is 91.2 cm³/mol. The Hall–Kier alpha value is -1.10. The quantitative estimate of drug-likeness (QED) is 0.874. The number of aryl methyl sites for hydroxylation is 1. The van der Waals surface area contributed by atoms with Gasteiger partial charge in [0.1, 0.15) is 10.9 Å². The molecule has 1 fully saturated rings. The van der Waals surface area contributed by atoms with Crippen LogP contribution in [0, 0.1) is 6.92 Å². The number of hydrogen-bond acceptors (Lipinski definition) is 4. The van der Waals surface area contributed by atoms with Crippen molar-refractivity contribution in [1.29, 1.82) is 0 Å². The van der Waals surface area contributed by atoms with Gasteiger partial charge in [-0.25, -0.2) is 9.97 Å². The van der Waals surface area contributed by atoms with E-state index in [4.69, 9.17) is 0 Å². The van der Waals surface area contributed by atoms with Gasteiger partial charge >= 0.3 is 0 Å². The Kier molecular flexibility index (Phi) is 6.03. The van der Waals surface area contributed by atoms with Crippen LogP contribution in [0.4, 0.5) is 0 Å². The summed E-state index contributed by atoms with van der Waals surface area (Å²) in [4.78, 5) is 9.15. The summed E-state index contributed by atoms with van der Waals surface area (Å²) in [5.41, 5.74) is 2.18. The summed E-state index contributed by atoms with van der Waals surface area (Å²) in [5, 5.41) is 5.18. The molecule has 0 bridgehead atoms. The first-order chi connectivity index (χ1) is 9.81. The van der Waals surface area contributed by atoms with E-state index in [-0.39, 0.29) is 12.4 Å². The van der Waals surface area contributed by atoms with Gasteiger partial charge in [0, 0.05) is 10.8 Å². The van der Waals surface area contributed by atoms with Gasteiger partial charge in [0.15, 0.2) is 0 Å². The Balaban J connectivity index is 0.00000161. The van der Waals surface area contributed by atoms with Gasteiger partial charge in [-0.3, -0.25) is 0 Å². The van der Waals surface area contributed by atoms with E-state index >= 15 is 0 Å². The minimum Gasteiger partial charge on any atom is -0.317 e. The molecule has 0 aliphatic carbocycles. The highest BCUT2D eigenvalue weighted by Crippen LogP contribution is 2.29. The zero-order valence-electron chi connectivity index (χ0n) is 12.1. The molecule has 2 aromatic rings. The fraction of sp³-hybridized carbons (Fsp3) is 0.375. The lowest BCUT2D eigenvalue weighted by molar-refractivity contribution is 0.531. The van der Waals surface area contributed by atoms with E-state index in [1.807, 2.05) is 36.9 Å². The van der Waals surface area contributed by atoms with E-state index < -0.39 is 0 Å². The summed E-state index contributed by atoms with van der Waals surface area (Å²) in [7, 11) is 0. The molecule has 0 atom stereocenters. The second-order valence-electron chi connectivity index (χ2n) is 5.07. The first-order valence-corrected chi connectivity index (χ1v) is 7.98. The zero-order chi connectivity index (χ0) is 13.8. The Morgan fingerprint density at radius 3 is 2.52 bits per heavy atom. The van der Waals surface area contributed by atoms with Gasteiger partial charge in [0.25, 0.3) is 0 Å². The molecule has 112 valence electrons. The van der Waals surface area contributed by atoms with Crippen molar-refractivity contribution in [3.8, 4) is 11.3 Å². The average molecular weight is 322 g/mol. The second-order valence-corrected chi connectivity index (χ2v) is 6.39. The fourth-order valence-electron chi connectivity index (χ4n) is 2.44. The van der Waals surface area contributed by atoms with E-state index in [2.05, 4.69) is 33.5 Å². The standard InChI is InChI=1S/C16H19N3S.ClH/c1-12-18-15(13-5-3-2-4-6-13)11-16(19-12)20-14-7-9-17-10-8-14;/h2-6,11,14,17H,7-10H2,1H3;1H. The average Bonchev–Trinajstić information content (AvgIpc) is 2.49. The number of halogens is 1. The molecule has 1 saturated heterocycles. The zero-order valence-corrected chi connectivity index (χ0v) is 13.7. The van der Waals surface area contributed by atoms with E-state index in [1.165, 1.54) is 12.8 Å². The molecule has 1 N–H and O–H groups in total. The Labute approximate surface area is 136 Å². The minimum atomic E-state index is 0. The number of nitrogens with one attached hydrogen (secondary N) is 1. The summed E-state index contributed by atoms with van der Waals surface area (Å²) >= 11 is 1.90. The van der Waals surface area contributed by atoms with E-state index in [1.54, 1.807) is 0 Å². The third-order valence-corrected chi connectivity index (χ3v) is 4.71. The van der Waals surface area contributed by atoms with Crippen molar-refractivity contribution in [1.82, 2.24) is 15.3 Å². The van der Waals surface area contributed by atoms with Crippen LogP contribution in [0.5, 0.6) is 0 Å². The lowest BCUT2D eigenvalue weighted by Gasteiger charge is -2.21. The van der Waals surface area contributed by atoms with Crippen LogP contribution < -0.4 is 5.32 Å². The van der Waals surface area contributed by atoms with Crippen LogP contribution in [-0.4, -0.2) is 28.3 Å². The van der Waals surface area contributed by atoms with Gasteiger partial charge in [0.2, 0.25) is 0 Å². The molecule has 1 aliphatic heterocycles. The third kappa shape index (κ3) is 4.43. The Morgan fingerprint density at radius 1 is 1.10 bits per heavy atom. The number of thioether (sulfide) groups is 1. The third-order valence-electron chi connectivity index (χ3n) is 3.46. The SMILES string of the molecule is Cc1nc(SC2CCNCC2)cc(-c2ccccc2)n1.Cl. The molecule has 21 heavy (non-hydrogen) atoms. The summed E-state index contributed by atoms with van der Waals surface area (Å²) in [6.07, 6.45) is 2.43. The summed E-state index contributed by atoms with van der Waals surface area (Å²) < 4.78 is 0. The Morgan fingerprint density at radius 2 is 1.81 bits per heavy atom. The van der Waals surface area contributed by atoms with Gasteiger partial charge in [-0.15, -0.1) is 24.2 Å². The van der Waals surface area contributed by atoms with E-state index in [0.717, 1.165) is 35.2 Å². The van der Waals surface area contributed by atoms with Crippen LogP contribution in [0.25, 0.3) is 11.3 Å². The maximum atomic E-state index is 4.58. The van der Waals surface area contributed by atoms with Crippen molar-refractivity contribution < 1.29 is 0 Å². The summed E-state index contributed by atoms with van der Waals surface area (Å²) in [6, 6.07) is 12.4. The molecule has 0 saturated carbocycles. The van der Waals surface area contributed by atoms with Crippen molar-refractivity contribution in [2.24, 2.45) is 0 Å². The highest BCUT2D eigenvalue weighted by atomic mass is 35.5. The molecule has 2 heterocycles.